The largest absolute Gasteiger partial charge is 0.382 e. The van der Waals surface area contributed by atoms with Crippen LogP contribution in [0, 0.1) is 0 Å². The average Bonchev–Trinajstić information content (AvgIpc) is 3.06. The van der Waals surface area contributed by atoms with Crippen molar-refractivity contribution in [3.05, 3.63) is 71.8 Å². The Morgan fingerprint density at radius 1 is 1.14 bits per heavy atom. The second kappa shape index (κ2) is 6.43. The zero-order valence-corrected chi connectivity index (χ0v) is 12.4. The number of amides is 1. The molecule has 2 atom stereocenters. The predicted molar refractivity (Wildman–Crippen MR) is 85.5 cm³/mol. The minimum absolute atomic E-state index is 0.0573. The minimum atomic E-state index is -0.554. The van der Waals surface area contributed by atoms with Crippen molar-refractivity contribution in [2.75, 3.05) is 0 Å². The highest BCUT2D eigenvalue weighted by atomic mass is 16.6. The molecule has 112 valence electrons. The highest BCUT2D eigenvalue weighted by Gasteiger charge is 2.29. The molecule has 1 aliphatic rings. The van der Waals surface area contributed by atoms with E-state index in [1.54, 1.807) is 0 Å². The molecule has 4 heteroatoms. The van der Waals surface area contributed by atoms with E-state index in [4.69, 9.17) is 4.84 Å². The SMILES string of the molecule is C[C@@H](NC(=O)[C@H]1CC(c2ccccc2)=NO1)c1ccccc1. The molecule has 22 heavy (non-hydrogen) atoms. The van der Waals surface area contributed by atoms with E-state index < -0.39 is 6.10 Å². The van der Waals surface area contributed by atoms with Gasteiger partial charge in [0, 0.05) is 6.42 Å². The van der Waals surface area contributed by atoms with Gasteiger partial charge in [0.05, 0.1) is 11.8 Å². The Morgan fingerprint density at radius 3 is 2.45 bits per heavy atom. The second-order valence-corrected chi connectivity index (χ2v) is 5.34. The first kappa shape index (κ1) is 14.3. The third-order valence-corrected chi connectivity index (χ3v) is 3.73. The molecule has 0 spiro atoms. The monoisotopic (exact) mass is 294 g/mol. The number of carbonyl (C=O) groups excluding carboxylic acids is 1. The third-order valence-electron chi connectivity index (χ3n) is 3.73. The maximum atomic E-state index is 12.3. The second-order valence-electron chi connectivity index (χ2n) is 5.34. The highest BCUT2D eigenvalue weighted by Crippen LogP contribution is 2.18. The summed E-state index contributed by atoms with van der Waals surface area (Å²) >= 11 is 0. The molecule has 0 fully saturated rings. The normalized spacial score (nSPS) is 18.2. The molecule has 0 aliphatic carbocycles. The van der Waals surface area contributed by atoms with Crippen LogP contribution in [0.4, 0.5) is 0 Å². The van der Waals surface area contributed by atoms with Crippen LogP contribution < -0.4 is 5.32 Å². The topological polar surface area (TPSA) is 50.7 Å². The van der Waals surface area contributed by atoms with Gasteiger partial charge in [0.25, 0.3) is 5.91 Å². The lowest BCUT2D eigenvalue weighted by Gasteiger charge is -2.16. The number of carbonyl (C=O) groups is 1. The molecular weight excluding hydrogens is 276 g/mol. The van der Waals surface area contributed by atoms with Gasteiger partial charge in [-0.15, -0.1) is 0 Å². The fourth-order valence-corrected chi connectivity index (χ4v) is 2.45. The molecule has 0 bridgehead atoms. The molecule has 0 saturated heterocycles. The molecule has 0 radical (unpaired) electrons. The molecule has 0 unspecified atom stereocenters. The first-order valence-electron chi connectivity index (χ1n) is 7.37. The molecule has 3 rings (SSSR count). The van der Waals surface area contributed by atoms with E-state index in [0.29, 0.717) is 6.42 Å². The lowest BCUT2D eigenvalue weighted by Crippen LogP contribution is -2.36. The van der Waals surface area contributed by atoms with Gasteiger partial charge in [-0.2, -0.15) is 0 Å². The summed E-state index contributed by atoms with van der Waals surface area (Å²) in [7, 11) is 0. The Bertz CT molecular complexity index is 668. The number of rotatable bonds is 4. The zero-order valence-electron chi connectivity index (χ0n) is 12.4. The van der Waals surface area contributed by atoms with E-state index in [9.17, 15) is 4.79 Å². The quantitative estimate of drug-likeness (QED) is 0.942. The Hall–Kier alpha value is -2.62. The van der Waals surface area contributed by atoms with Gasteiger partial charge >= 0.3 is 0 Å². The zero-order chi connectivity index (χ0) is 15.4. The smallest absolute Gasteiger partial charge is 0.264 e. The molecule has 4 nitrogen and oxygen atoms in total. The predicted octanol–water partition coefficient (Wildman–Crippen LogP) is 3.06. The summed E-state index contributed by atoms with van der Waals surface area (Å²) in [4.78, 5) is 17.6. The van der Waals surface area contributed by atoms with Crippen molar-refractivity contribution in [1.29, 1.82) is 0 Å². The standard InChI is InChI=1S/C18H18N2O2/c1-13(14-8-4-2-5-9-14)19-18(21)17-12-16(20-22-17)15-10-6-3-7-11-15/h2-11,13,17H,12H2,1H3,(H,19,21)/t13-,17-/m1/s1. The molecule has 0 saturated carbocycles. The van der Waals surface area contributed by atoms with Gasteiger partial charge in [-0.1, -0.05) is 65.8 Å². The molecule has 2 aromatic rings. The van der Waals surface area contributed by atoms with Crippen LogP contribution in [-0.2, 0) is 9.63 Å². The number of oxime groups is 1. The van der Waals surface area contributed by atoms with Crippen LogP contribution >= 0.6 is 0 Å². The van der Waals surface area contributed by atoms with Crippen LogP contribution in [-0.4, -0.2) is 17.7 Å². The number of nitrogens with zero attached hydrogens (tertiary/aromatic N) is 1. The summed E-state index contributed by atoms with van der Waals surface area (Å²) < 4.78 is 0. The lowest BCUT2D eigenvalue weighted by atomic mass is 10.0. The molecule has 1 amide bonds. The van der Waals surface area contributed by atoms with Crippen molar-refractivity contribution in [3.8, 4) is 0 Å². The van der Waals surface area contributed by atoms with E-state index in [0.717, 1.165) is 16.8 Å². The van der Waals surface area contributed by atoms with Crippen molar-refractivity contribution < 1.29 is 9.63 Å². The van der Waals surface area contributed by atoms with Gasteiger partial charge < -0.3 is 10.2 Å². The first-order valence-corrected chi connectivity index (χ1v) is 7.37. The van der Waals surface area contributed by atoms with Gasteiger partial charge in [0.1, 0.15) is 0 Å². The molecular formula is C18H18N2O2. The average molecular weight is 294 g/mol. The number of nitrogens with one attached hydrogen (secondary N) is 1. The summed E-state index contributed by atoms with van der Waals surface area (Å²) in [6.07, 6.45) is -0.0569. The van der Waals surface area contributed by atoms with Gasteiger partial charge in [-0.3, -0.25) is 4.79 Å². The van der Waals surface area contributed by atoms with Crippen molar-refractivity contribution in [1.82, 2.24) is 5.32 Å². The minimum Gasteiger partial charge on any atom is -0.382 e. The molecule has 0 aromatic heterocycles. The Kier molecular flexibility index (Phi) is 4.19. The van der Waals surface area contributed by atoms with Gasteiger partial charge in [-0.25, -0.2) is 0 Å². The van der Waals surface area contributed by atoms with Crippen LogP contribution in [0.3, 0.4) is 0 Å². The Morgan fingerprint density at radius 2 is 1.77 bits per heavy atom. The summed E-state index contributed by atoms with van der Waals surface area (Å²) in [6, 6.07) is 19.6. The van der Waals surface area contributed by atoms with E-state index in [1.807, 2.05) is 67.6 Å². The molecule has 1 heterocycles. The van der Waals surface area contributed by atoms with Crippen LogP contribution in [0.15, 0.2) is 65.8 Å². The van der Waals surface area contributed by atoms with E-state index in [1.165, 1.54) is 0 Å². The third kappa shape index (κ3) is 3.17. The maximum absolute atomic E-state index is 12.3. The van der Waals surface area contributed by atoms with E-state index in [2.05, 4.69) is 10.5 Å². The first-order chi connectivity index (χ1) is 10.7. The summed E-state index contributed by atoms with van der Waals surface area (Å²) in [5.41, 5.74) is 2.88. The van der Waals surface area contributed by atoms with Crippen LogP contribution in [0.25, 0.3) is 0 Å². The van der Waals surface area contributed by atoms with Crippen LogP contribution in [0.1, 0.15) is 30.5 Å². The van der Waals surface area contributed by atoms with Gasteiger partial charge in [-0.05, 0) is 18.1 Å². The number of benzene rings is 2. The van der Waals surface area contributed by atoms with Crippen LogP contribution in [0.2, 0.25) is 0 Å². The molecule has 1 aliphatic heterocycles. The van der Waals surface area contributed by atoms with Crippen molar-refractivity contribution in [2.45, 2.75) is 25.5 Å². The maximum Gasteiger partial charge on any atom is 0.264 e. The molecule has 2 aromatic carbocycles. The van der Waals surface area contributed by atoms with Crippen molar-refractivity contribution in [2.24, 2.45) is 5.16 Å². The Labute approximate surface area is 129 Å². The van der Waals surface area contributed by atoms with E-state index >= 15 is 0 Å². The summed E-state index contributed by atoms with van der Waals surface area (Å²) in [5.74, 6) is -0.133. The van der Waals surface area contributed by atoms with Gasteiger partial charge in [0.15, 0.2) is 0 Å². The van der Waals surface area contributed by atoms with Crippen molar-refractivity contribution >= 4 is 11.6 Å². The number of hydrogen-bond acceptors (Lipinski definition) is 3. The lowest BCUT2D eigenvalue weighted by molar-refractivity contribution is -0.131. The summed E-state index contributed by atoms with van der Waals surface area (Å²) in [5, 5.41) is 7.02. The summed E-state index contributed by atoms with van der Waals surface area (Å²) in [6.45, 7) is 1.96. The van der Waals surface area contributed by atoms with E-state index in [-0.39, 0.29) is 11.9 Å². The van der Waals surface area contributed by atoms with Crippen molar-refractivity contribution in [3.63, 3.8) is 0 Å². The fourth-order valence-electron chi connectivity index (χ4n) is 2.45. The highest BCUT2D eigenvalue weighted by molar-refractivity contribution is 6.04. The fraction of sp³-hybridized carbons (Fsp3) is 0.222. The van der Waals surface area contributed by atoms with Gasteiger partial charge in [0.2, 0.25) is 6.10 Å². The molecule has 1 N–H and O–H groups in total. The van der Waals surface area contributed by atoms with Crippen LogP contribution in [0.5, 0.6) is 0 Å². The number of hydrogen-bond donors (Lipinski definition) is 1. The Balaban J connectivity index is 1.59.